The van der Waals surface area contributed by atoms with Gasteiger partial charge in [-0.1, -0.05) is 20.8 Å². The van der Waals surface area contributed by atoms with Gasteiger partial charge in [-0.05, 0) is 24.5 Å². The number of amides is 1. The zero-order chi connectivity index (χ0) is 15.5. The standard InChI is InChI=1S/C13H20N4O3/c1-8(13(2,3)4)15-12(18)10-7-9(16-14)5-6-11(10)17(19)20/h5-8,16H,14H2,1-4H3,(H,15,18). The van der Waals surface area contributed by atoms with Crippen molar-refractivity contribution in [3.8, 4) is 0 Å². The number of nitro benzene ring substituents is 1. The van der Waals surface area contributed by atoms with Crippen molar-refractivity contribution in [3.63, 3.8) is 0 Å². The van der Waals surface area contributed by atoms with E-state index in [2.05, 4.69) is 10.7 Å². The molecule has 0 aliphatic heterocycles. The molecule has 1 aromatic rings. The number of nitrogens with one attached hydrogen (secondary N) is 2. The molecule has 7 heteroatoms. The van der Waals surface area contributed by atoms with Crippen LogP contribution in [0.5, 0.6) is 0 Å². The molecule has 1 aromatic carbocycles. The average Bonchev–Trinajstić information content (AvgIpc) is 2.36. The van der Waals surface area contributed by atoms with Gasteiger partial charge in [-0.2, -0.15) is 0 Å². The number of nitro groups is 1. The molecular formula is C13H20N4O3. The minimum Gasteiger partial charge on any atom is -0.349 e. The van der Waals surface area contributed by atoms with E-state index in [4.69, 9.17) is 5.84 Å². The van der Waals surface area contributed by atoms with Gasteiger partial charge in [0.15, 0.2) is 0 Å². The first-order chi connectivity index (χ1) is 9.16. The number of hydrogen-bond donors (Lipinski definition) is 3. The van der Waals surface area contributed by atoms with Gasteiger partial charge < -0.3 is 10.7 Å². The molecule has 0 aliphatic carbocycles. The van der Waals surface area contributed by atoms with Crippen LogP contribution < -0.4 is 16.6 Å². The van der Waals surface area contributed by atoms with E-state index in [9.17, 15) is 14.9 Å². The van der Waals surface area contributed by atoms with Crippen LogP contribution in [0.3, 0.4) is 0 Å². The van der Waals surface area contributed by atoms with E-state index in [0.29, 0.717) is 5.69 Å². The van der Waals surface area contributed by atoms with Gasteiger partial charge in [-0.15, -0.1) is 0 Å². The number of carbonyl (C=O) groups is 1. The summed E-state index contributed by atoms with van der Waals surface area (Å²) in [4.78, 5) is 22.6. The fraction of sp³-hybridized carbons (Fsp3) is 0.462. The predicted molar refractivity (Wildman–Crippen MR) is 77.3 cm³/mol. The van der Waals surface area contributed by atoms with Crippen LogP contribution in [0.25, 0.3) is 0 Å². The van der Waals surface area contributed by atoms with Gasteiger partial charge >= 0.3 is 0 Å². The van der Waals surface area contributed by atoms with E-state index < -0.39 is 10.8 Å². The maximum absolute atomic E-state index is 12.2. The number of nitrogens with zero attached hydrogens (tertiary/aromatic N) is 1. The maximum Gasteiger partial charge on any atom is 0.282 e. The van der Waals surface area contributed by atoms with E-state index >= 15 is 0 Å². The summed E-state index contributed by atoms with van der Waals surface area (Å²) in [6, 6.07) is 3.93. The predicted octanol–water partition coefficient (Wildman–Crippen LogP) is 2.04. The Morgan fingerprint density at radius 2 is 2.00 bits per heavy atom. The van der Waals surface area contributed by atoms with Gasteiger partial charge in [0.1, 0.15) is 5.56 Å². The first-order valence-electron chi connectivity index (χ1n) is 6.22. The van der Waals surface area contributed by atoms with E-state index in [1.165, 1.54) is 18.2 Å². The van der Waals surface area contributed by atoms with Crippen LogP contribution in [0.15, 0.2) is 18.2 Å². The van der Waals surface area contributed by atoms with Gasteiger partial charge in [0.05, 0.1) is 4.92 Å². The molecule has 20 heavy (non-hydrogen) atoms. The summed E-state index contributed by atoms with van der Waals surface area (Å²) >= 11 is 0. The SMILES string of the molecule is CC(NC(=O)c1cc(NN)ccc1[N+](=O)[O-])C(C)(C)C. The Hall–Kier alpha value is -2.15. The summed E-state index contributed by atoms with van der Waals surface area (Å²) in [5, 5.41) is 13.8. The third kappa shape index (κ3) is 3.67. The van der Waals surface area contributed by atoms with Crippen LogP contribution in [-0.4, -0.2) is 16.9 Å². The molecule has 1 unspecified atom stereocenters. The molecule has 0 aliphatic rings. The number of benzene rings is 1. The van der Waals surface area contributed by atoms with Gasteiger partial charge in [-0.3, -0.25) is 20.8 Å². The van der Waals surface area contributed by atoms with Gasteiger partial charge in [-0.25, -0.2) is 0 Å². The summed E-state index contributed by atoms with van der Waals surface area (Å²) in [7, 11) is 0. The molecule has 0 aromatic heterocycles. The Morgan fingerprint density at radius 3 is 2.45 bits per heavy atom. The zero-order valence-corrected chi connectivity index (χ0v) is 12.1. The topological polar surface area (TPSA) is 110 Å². The van der Waals surface area contributed by atoms with Gasteiger partial charge in [0.2, 0.25) is 0 Å². The summed E-state index contributed by atoms with van der Waals surface area (Å²) in [6.07, 6.45) is 0. The van der Waals surface area contributed by atoms with Crippen molar-refractivity contribution in [2.45, 2.75) is 33.7 Å². The van der Waals surface area contributed by atoms with Crippen molar-refractivity contribution in [2.75, 3.05) is 5.43 Å². The maximum atomic E-state index is 12.2. The third-order valence-corrected chi connectivity index (χ3v) is 3.25. The van der Waals surface area contributed by atoms with Crippen molar-refractivity contribution in [2.24, 2.45) is 11.3 Å². The largest absolute Gasteiger partial charge is 0.349 e. The fourth-order valence-electron chi connectivity index (χ4n) is 1.46. The fourth-order valence-corrected chi connectivity index (χ4v) is 1.46. The van der Waals surface area contributed by atoms with E-state index in [-0.39, 0.29) is 22.7 Å². The quantitative estimate of drug-likeness (QED) is 0.444. The molecule has 0 saturated carbocycles. The highest BCUT2D eigenvalue weighted by Gasteiger charge is 2.26. The van der Waals surface area contributed by atoms with Crippen LogP contribution in [0.2, 0.25) is 0 Å². The lowest BCUT2D eigenvalue weighted by Gasteiger charge is -2.28. The number of nitrogen functional groups attached to an aromatic ring is 1. The minimum absolute atomic E-state index is 0.0125. The Labute approximate surface area is 117 Å². The highest BCUT2D eigenvalue weighted by Crippen LogP contribution is 2.24. The lowest BCUT2D eigenvalue weighted by molar-refractivity contribution is -0.385. The molecule has 1 rings (SSSR count). The molecule has 0 fully saturated rings. The molecule has 0 spiro atoms. The second kappa shape index (κ2) is 5.87. The molecule has 4 N–H and O–H groups in total. The number of carbonyl (C=O) groups excluding carboxylic acids is 1. The van der Waals surface area contributed by atoms with Crippen molar-refractivity contribution >= 4 is 17.3 Å². The zero-order valence-electron chi connectivity index (χ0n) is 12.1. The van der Waals surface area contributed by atoms with Crippen molar-refractivity contribution in [1.29, 1.82) is 0 Å². The Bertz CT molecular complexity index is 523. The molecule has 0 heterocycles. The molecule has 7 nitrogen and oxygen atoms in total. The molecule has 0 saturated heterocycles. The monoisotopic (exact) mass is 280 g/mol. The Morgan fingerprint density at radius 1 is 1.40 bits per heavy atom. The van der Waals surface area contributed by atoms with E-state index in [1.807, 2.05) is 27.7 Å². The lowest BCUT2D eigenvalue weighted by Crippen LogP contribution is -2.41. The number of anilines is 1. The number of nitrogens with two attached hydrogens (primary N) is 1. The van der Waals surface area contributed by atoms with Gasteiger partial charge in [0.25, 0.3) is 11.6 Å². The van der Waals surface area contributed by atoms with Gasteiger partial charge in [0, 0.05) is 17.8 Å². The first-order valence-corrected chi connectivity index (χ1v) is 6.22. The number of hydrogen-bond acceptors (Lipinski definition) is 5. The molecular weight excluding hydrogens is 260 g/mol. The summed E-state index contributed by atoms with van der Waals surface area (Å²) in [5.74, 6) is 4.77. The Balaban J connectivity index is 3.10. The highest BCUT2D eigenvalue weighted by atomic mass is 16.6. The summed E-state index contributed by atoms with van der Waals surface area (Å²) in [6.45, 7) is 7.79. The minimum atomic E-state index is -0.586. The van der Waals surface area contributed by atoms with E-state index in [0.717, 1.165) is 0 Å². The third-order valence-electron chi connectivity index (χ3n) is 3.25. The second-order valence-corrected chi connectivity index (χ2v) is 5.69. The molecule has 1 atom stereocenters. The molecule has 0 bridgehead atoms. The number of rotatable bonds is 4. The van der Waals surface area contributed by atoms with Crippen LogP contribution in [0.4, 0.5) is 11.4 Å². The first kappa shape index (κ1) is 15.9. The highest BCUT2D eigenvalue weighted by molar-refractivity contribution is 5.99. The normalized spacial score (nSPS) is 12.7. The van der Waals surface area contributed by atoms with Crippen LogP contribution in [0.1, 0.15) is 38.1 Å². The summed E-state index contributed by atoms with van der Waals surface area (Å²) in [5.41, 5.74) is 2.40. The van der Waals surface area contributed by atoms with Crippen LogP contribution in [-0.2, 0) is 0 Å². The molecule has 110 valence electrons. The second-order valence-electron chi connectivity index (χ2n) is 5.69. The molecule has 0 radical (unpaired) electrons. The Kier molecular flexibility index (Phi) is 4.67. The summed E-state index contributed by atoms with van der Waals surface area (Å²) < 4.78 is 0. The number of hydrazine groups is 1. The van der Waals surface area contributed by atoms with Crippen molar-refractivity contribution in [1.82, 2.24) is 5.32 Å². The van der Waals surface area contributed by atoms with Crippen LogP contribution in [0, 0.1) is 15.5 Å². The van der Waals surface area contributed by atoms with Crippen molar-refractivity contribution < 1.29 is 9.72 Å². The smallest absolute Gasteiger partial charge is 0.282 e. The van der Waals surface area contributed by atoms with E-state index in [1.54, 1.807) is 0 Å². The molecule has 1 amide bonds. The average molecular weight is 280 g/mol. The van der Waals surface area contributed by atoms with Crippen molar-refractivity contribution in [3.05, 3.63) is 33.9 Å². The van der Waals surface area contributed by atoms with Crippen LogP contribution >= 0.6 is 0 Å². The lowest BCUT2D eigenvalue weighted by atomic mass is 9.88.